The Morgan fingerprint density at radius 2 is 1.43 bits per heavy atom. The molecule has 0 amide bonds. The molecule has 0 radical (unpaired) electrons. The predicted octanol–water partition coefficient (Wildman–Crippen LogP) is 4.45. The molecule has 2 aliphatic carbocycles. The highest BCUT2D eigenvalue weighted by Crippen LogP contribution is 2.31. The van der Waals surface area contributed by atoms with Crippen molar-refractivity contribution in [3.63, 3.8) is 0 Å². The topological polar surface area (TPSA) is 18.5 Å². The molecule has 2 aliphatic rings. The number of ether oxygens (including phenoxy) is 2. The smallest absolute Gasteiger partial charge is 0.0901 e. The molecule has 0 fully saturated rings. The molecule has 0 bridgehead atoms. The fraction of sp³-hybridized carbons (Fsp3) is 0.579. The second kappa shape index (κ2) is 6.33. The molecule has 0 spiro atoms. The van der Waals surface area contributed by atoms with Crippen molar-refractivity contribution in [3.8, 4) is 0 Å². The summed E-state index contributed by atoms with van der Waals surface area (Å²) in [5.41, 5.74) is -0.479. The van der Waals surface area contributed by atoms with Crippen molar-refractivity contribution < 1.29 is 9.47 Å². The zero-order valence-corrected chi connectivity index (χ0v) is 13.9. The number of rotatable bonds is 5. The molecule has 2 rings (SSSR count). The normalized spacial score (nSPS) is 39.7. The summed E-state index contributed by atoms with van der Waals surface area (Å²) in [5.74, 6) is 0.749. The number of allylic oxidation sites excluding steroid dienone is 4. The van der Waals surface area contributed by atoms with Gasteiger partial charge in [-0.1, -0.05) is 62.5 Å². The van der Waals surface area contributed by atoms with Crippen molar-refractivity contribution >= 4 is 0 Å². The molecule has 0 aliphatic heterocycles. The third-order valence-corrected chi connectivity index (χ3v) is 4.77. The van der Waals surface area contributed by atoms with E-state index in [9.17, 15) is 0 Å². The maximum atomic E-state index is 6.26. The Balaban J connectivity index is 1.89. The Hall–Kier alpha value is -1.12. The van der Waals surface area contributed by atoms with Gasteiger partial charge in [0, 0.05) is 11.8 Å². The van der Waals surface area contributed by atoms with Crippen LogP contribution in [0.1, 0.15) is 34.6 Å². The maximum absolute atomic E-state index is 6.26. The van der Waals surface area contributed by atoms with Crippen molar-refractivity contribution in [1.29, 1.82) is 0 Å². The zero-order valence-electron chi connectivity index (χ0n) is 13.9. The molecular formula is C19H28O2. The number of hydrogen-bond donors (Lipinski definition) is 0. The fourth-order valence-electron chi connectivity index (χ4n) is 2.73. The molecule has 0 aromatic carbocycles. The van der Waals surface area contributed by atoms with Crippen LogP contribution < -0.4 is 0 Å². The molecule has 2 nitrogen and oxygen atoms in total. The van der Waals surface area contributed by atoms with Crippen LogP contribution in [0.25, 0.3) is 0 Å². The van der Waals surface area contributed by atoms with E-state index in [0.29, 0.717) is 18.4 Å². The highest BCUT2D eigenvalue weighted by atomic mass is 16.6. The van der Waals surface area contributed by atoms with Gasteiger partial charge in [0.25, 0.3) is 0 Å². The van der Waals surface area contributed by atoms with E-state index in [4.69, 9.17) is 9.47 Å². The van der Waals surface area contributed by atoms with Gasteiger partial charge in [-0.2, -0.15) is 0 Å². The third kappa shape index (κ3) is 3.75. The van der Waals surface area contributed by atoms with Crippen LogP contribution in [-0.4, -0.2) is 23.9 Å². The first-order valence-electron chi connectivity index (χ1n) is 7.89. The van der Waals surface area contributed by atoms with Crippen molar-refractivity contribution in [1.82, 2.24) is 0 Å². The van der Waals surface area contributed by atoms with Crippen LogP contribution in [0.15, 0.2) is 48.6 Å². The van der Waals surface area contributed by atoms with Gasteiger partial charge in [-0.05, 0) is 20.8 Å². The zero-order chi connectivity index (χ0) is 15.5. The molecule has 0 saturated carbocycles. The Kier molecular flexibility index (Phi) is 4.90. The van der Waals surface area contributed by atoms with E-state index in [0.717, 1.165) is 0 Å². The molecule has 0 N–H and O–H groups in total. The van der Waals surface area contributed by atoms with Crippen molar-refractivity contribution in [2.24, 2.45) is 11.8 Å². The minimum Gasteiger partial charge on any atom is -0.368 e. The van der Waals surface area contributed by atoms with E-state index in [1.165, 1.54) is 0 Å². The van der Waals surface area contributed by atoms with E-state index in [1.807, 2.05) is 0 Å². The van der Waals surface area contributed by atoms with Crippen LogP contribution in [0, 0.1) is 11.8 Å². The predicted molar refractivity (Wildman–Crippen MR) is 88.2 cm³/mol. The van der Waals surface area contributed by atoms with Crippen LogP contribution in [0.3, 0.4) is 0 Å². The summed E-state index contributed by atoms with van der Waals surface area (Å²) in [6.07, 6.45) is 17.0. The lowest BCUT2D eigenvalue weighted by molar-refractivity contribution is -0.123. The molecule has 0 saturated heterocycles. The molecule has 2 heteroatoms. The quantitative estimate of drug-likeness (QED) is 0.744. The van der Waals surface area contributed by atoms with Gasteiger partial charge in [-0.3, -0.25) is 0 Å². The average Bonchev–Trinajstić information content (AvgIpc) is 2.44. The largest absolute Gasteiger partial charge is 0.368 e. The molecule has 0 heterocycles. The van der Waals surface area contributed by atoms with Gasteiger partial charge < -0.3 is 9.47 Å². The van der Waals surface area contributed by atoms with Crippen LogP contribution >= 0.6 is 0 Å². The van der Waals surface area contributed by atoms with E-state index >= 15 is 0 Å². The first-order valence-corrected chi connectivity index (χ1v) is 7.89. The first-order chi connectivity index (χ1) is 9.86. The van der Waals surface area contributed by atoms with Crippen molar-refractivity contribution in [2.45, 2.75) is 51.9 Å². The van der Waals surface area contributed by atoms with E-state index in [2.05, 4.69) is 83.2 Å². The average molecular weight is 288 g/mol. The van der Waals surface area contributed by atoms with Gasteiger partial charge in [-0.15, -0.1) is 0 Å². The monoisotopic (exact) mass is 288 g/mol. The van der Waals surface area contributed by atoms with Gasteiger partial charge in [0.05, 0.1) is 23.9 Å². The van der Waals surface area contributed by atoms with Crippen LogP contribution in [0.5, 0.6) is 0 Å². The van der Waals surface area contributed by atoms with Gasteiger partial charge >= 0.3 is 0 Å². The second-order valence-electron chi connectivity index (χ2n) is 6.67. The molecular weight excluding hydrogens is 260 g/mol. The minimum atomic E-state index is -0.244. The summed E-state index contributed by atoms with van der Waals surface area (Å²) < 4.78 is 12.4. The molecule has 0 aromatic rings. The fourth-order valence-corrected chi connectivity index (χ4v) is 2.73. The molecule has 0 aromatic heterocycles. The summed E-state index contributed by atoms with van der Waals surface area (Å²) in [6.45, 7) is 11.3. The lowest BCUT2D eigenvalue weighted by Crippen LogP contribution is -2.41. The summed E-state index contributed by atoms with van der Waals surface area (Å²) in [5, 5.41) is 0. The summed E-state index contributed by atoms with van der Waals surface area (Å²) in [4.78, 5) is 0. The molecule has 5 unspecified atom stereocenters. The van der Waals surface area contributed by atoms with Gasteiger partial charge in [0.1, 0.15) is 0 Å². The third-order valence-electron chi connectivity index (χ3n) is 4.77. The van der Waals surface area contributed by atoms with Gasteiger partial charge in [-0.25, -0.2) is 0 Å². The van der Waals surface area contributed by atoms with Gasteiger partial charge in [0.15, 0.2) is 0 Å². The molecule has 5 atom stereocenters. The highest BCUT2D eigenvalue weighted by Gasteiger charge is 2.33. The molecule has 21 heavy (non-hydrogen) atoms. The maximum Gasteiger partial charge on any atom is 0.0901 e. The van der Waals surface area contributed by atoms with Crippen LogP contribution in [-0.2, 0) is 9.47 Å². The van der Waals surface area contributed by atoms with E-state index in [1.54, 1.807) is 0 Å². The van der Waals surface area contributed by atoms with Gasteiger partial charge in [0.2, 0.25) is 0 Å². The summed E-state index contributed by atoms with van der Waals surface area (Å²) in [7, 11) is 0. The standard InChI is InChI=1S/C19H28O2/c1-15-10-6-8-12-18(15,4)20-14-17(3)21-19(5)13-9-7-11-16(19)2/h6-13,15-17H,14H2,1-5H3. The Morgan fingerprint density at radius 1 is 0.905 bits per heavy atom. The summed E-state index contributed by atoms with van der Waals surface area (Å²) >= 11 is 0. The lowest BCUT2D eigenvalue weighted by Gasteiger charge is -2.38. The SMILES string of the molecule is CC(COC1(C)C=CC=CC1C)OC1(C)C=CC=CC1C. The van der Waals surface area contributed by atoms with Crippen molar-refractivity contribution in [3.05, 3.63) is 48.6 Å². The highest BCUT2D eigenvalue weighted by molar-refractivity contribution is 5.21. The Morgan fingerprint density at radius 3 is 1.95 bits per heavy atom. The van der Waals surface area contributed by atoms with Crippen LogP contribution in [0.2, 0.25) is 0 Å². The van der Waals surface area contributed by atoms with Crippen LogP contribution in [0.4, 0.5) is 0 Å². The number of hydrogen-bond acceptors (Lipinski definition) is 2. The Bertz CT molecular complexity index is 474. The molecule has 116 valence electrons. The lowest BCUT2D eigenvalue weighted by atomic mass is 9.86. The van der Waals surface area contributed by atoms with E-state index in [-0.39, 0.29) is 17.3 Å². The minimum absolute atomic E-state index is 0.0527. The van der Waals surface area contributed by atoms with E-state index < -0.39 is 0 Å². The van der Waals surface area contributed by atoms with Crippen molar-refractivity contribution in [2.75, 3.05) is 6.61 Å². The summed E-state index contributed by atoms with van der Waals surface area (Å²) in [6, 6.07) is 0. The second-order valence-corrected chi connectivity index (χ2v) is 6.67. The first kappa shape index (κ1) is 16.3. The Labute approximate surface area is 129 Å².